The normalized spacial score (nSPS) is 18.8. The van der Waals surface area contributed by atoms with Crippen LogP contribution in [-0.2, 0) is 20.8 Å². The first-order chi connectivity index (χ1) is 13.8. The highest BCUT2D eigenvalue weighted by Gasteiger charge is 2.53. The van der Waals surface area contributed by atoms with E-state index >= 15 is 0 Å². The average Bonchev–Trinajstić information content (AvgIpc) is 3.02. The van der Waals surface area contributed by atoms with Crippen LogP contribution in [0.25, 0.3) is 0 Å². The zero-order chi connectivity index (χ0) is 21.0. The van der Waals surface area contributed by atoms with E-state index in [1.165, 1.54) is 24.3 Å². The van der Waals surface area contributed by atoms with E-state index in [9.17, 15) is 27.9 Å². The van der Waals surface area contributed by atoms with Gasteiger partial charge in [0.2, 0.25) is 0 Å². The molecule has 1 N–H and O–H groups in total. The van der Waals surface area contributed by atoms with Crippen LogP contribution in [0, 0.1) is 5.92 Å². The molecule has 0 saturated carbocycles. The van der Waals surface area contributed by atoms with E-state index in [0.29, 0.717) is 5.06 Å². The van der Waals surface area contributed by atoms with Crippen LogP contribution in [0.1, 0.15) is 17.2 Å². The minimum absolute atomic E-state index is 0.100. The Morgan fingerprint density at radius 3 is 2.31 bits per heavy atom. The number of hydrogen-bond acceptors (Lipinski definition) is 5. The van der Waals surface area contributed by atoms with Gasteiger partial charge in [0.1, 0.15) is 18.8 Å². The number of hydroxylamine groups is 2. The summed E-state index contributed by atoms with van der Waals surface area (Å²) in [5.41, 5.74) is 0.685. The Hall–Kier alpha value is -3.07. The first-order valence-corrected chi connectivity index (χ1v) is 8.79. The number of amides is 1. The number of benzene rings is 2. The van der Waals surface area contributed by atoms with Crippen molar-refractivity contribution < 1.29 is 37.4 Å². The largest absolute Gasteiger partial charge is 0.445 e. The Bertz CT molecular complexity index is 844. The number of rotatable bonds is 6. The van der Waals surface area contributed by atoms with Gasteiger partial charge < -0.3 is 14.7 Å². The van der Waals surface area contributed by atoms with Gasteiger partial charge in [-0.2, -0.15) is 13.2 Å². The van der Waals surface area contributed by atoms with Crippen LogP contribution in [-0.4, -0.2) is 41.1 Å². The van der Waals surface area contributed by atoms with Gasteiger partial charge in [0.25, 0.3) is 0 Å². The lowest BCUT2D eigenvalue weighted by molar-refractivity contribution is -0.235. The highest BCUT2D eigenvalue weighted by molar-refractivity contribution is 5.77. The molecule has 1 aliphatic rings. The lowest BCUT2D eigenvalue weighted by Gasteiger charge is -2.27. The number of aliphatic hydroxyl groups is 1. The molecule has 0 unspecified atom stereocenters. The monoisotopic (exact) mass is 409 g/mol. The minimum atomic E-state index is -5.09. The van der Waals surface area contributed by atoms with Crippen molar-refractivity contribution in [3.8, 4) is 0 Å². The van der Waals surface area contributed by atoms with Crippen LogP contribution in [0.2, 0.25) is 0 Å². The van der Waals surface area contributed by atoms with Crippen LogP contribution in [0.5, 0.6) is 0 Å². The van der Waals surface area contributed by atoms with Crippen LogP contribution >= 0.6 is 0 Å². The molecule has 1 saturated heterocycles. The van der Waals surface area contributed by atoms with E-state index in [2.05, 4.69) is 0 Å². The molecule has 0 bridgehead atoms. The standard InChI is InChI=1S/C20H18F3NO5/c21-20(22,23)16(17(25)14-9-5-2-6-10-14)18(26)29-24-15(12-28-19(24)27)11-13-7-3-1-4-8-13/h1-10,15-17,25H,11-12H2/t15-,16+,17+/m0/s1. The fourth-order valence-corrected chi connectivity index (χ4v) is 3.03. The molecule has 9 heteroatoms. The average molecular weight is 409 g/mol. The van der Waals surface area contributed by atoms with E-state index < -0.39 is 36.3 Å². The predicted octanol–water partition coefficient (Wildman–Crippen LogP) is 3.42. The van der Waals surface area contributed by atoms with E-state index in [0.717, 1.165) is 5.56 Å². The predicted molar refractivity (Wildman–Crippen MR) is 94.2 cm³/mol. The maximum Gasteiger partial charge on any atom is 0.443 e. The Morgan fingerprint density at radius 2 is 1.72 bits per heavy atom. The molecule has 1 heterocycles. The molecule has 154 valence electrons. The summed E-state index contributed by atoms with van der Waals surface area (Å²) in [4.78, 5) is 29.0. The van der Waals surface area contributed by atoms with Crippen LogP contribution in [0.15, 0.2) is 60.7 Å². The highest BCUT2D eigenvalue weighted by atomic mass is 19.4. The van der Waals surface area contributed by atoms with Crippen molar-refractivity contribution in [2.24, 2.45) is 5.92 Å². The number of alkyl halides is 3. The molecule has 0 aromatic heterocycles. The topological polar surface area (TPSA) is 76.1 Å². The zero-order valence-corrected chi connectivity index (χ0v) is 15.1. The lowest BCUT2D eigenvalue weighted by atomic mass is 9.95. The van der Waals surface area contributed by atoms with E-state index in [1.54, 1.807) is 36.4 Å². The highest BCUT2D eigenvalue weighted by Crippen LogP contribution is 2.37. The molecule has 0 radical (unpaired) electrons. The fraction of sp³-hybridized carbons (Fsp3) is 0.300. The third-order valence-corrected chi connectivity index (χ3v) is 4.48. The van der Waals surface area contributed by atoms with Gasteiger partial charge in [-0.05, 0) is 17.5 Å². The number of carbonyl (C=O) groups excluding carboxylic acids is 2. The Labute approximate surface area is 164 Å². The second kappa shape index (κ2) is 8.52. The third-order valence-electron chi connectivity index (χ3n) is 4.48. The second-order valence-electron chi connectivity index (χ2n) is 6.53. The number of carbonyl (C=O) groups is 2. The van der Waals surface area contributed by atoms with Crippen LogP contribution in [0.4, 0.5) is 18.0 Å². The van der Waals surface area contributed by atoms with E-state index in [-0.39, 0.29) is 18.6 Å². The van der Waals surface area contributed by atoms with Gasteiger partial charge in [0, 0.05) is 0 Å². The molecular weight excluding hydrogens is 391 g/mol. The van der Waals surface area contributed by atoms with E-state index in [1.807, 2.05) is 0 Å². The summed E-state index contributed by atoms with van der Waals surface area (Å²) in [7, 11) is 0. The van der Waals surface area contributed by atoms with Crippen molar-refractivity contribution in [2.75, 3.05) is 6.61 Å². The molecule has 3 atom stereocenters. The molecule has 0 spiro atoms. The van der Waals surface area contributed by atoms with E-state index in [4.69, 9.17) is 9.57 Å². The molecule has 6 nitrogen and oxygen atoms in total. The zero-order valence-electron chi connectivity index (χ0n) is 15.1. The van der Waals surface area contributed by atoms with Crippen molar-refractivity contribution in [1.82, 2.24) is 5.06 Å². The van der Waals surface area contributed by atoms with Crippen LogP contribution in [0.3, 0.4) is 0 Å². The van der Waals surface area contributed by atoms with Gasteiger partial charge in [-0.25, -0.2) is 9.59 Å². The molecular formula is C20H18F3NO5. The van der Waals surface area contributed by atoms with Gasteiger partial charge in [-0.3, -0.25) is 0 Å². The van der Waals surface area contributed by atoms with Crippen molar-refractivity contribution >= 4 is 12.1 Å². The molecule has 0 aliphatic carbocycles. The number of ether oxygens (including phenoxy) is 1. The lowest BCUT2D eigenvalue weighted by Crippen LogP contribution is -2.43. The smallest absolute Gasteiger partial charge is 0.443 e. The number of aliphatic hydroxyl groups excluding tert-OH is 1. The number of hydrogen-bond donors (Lipinski definition) is 1. The molecule has 1 aliphatic heterocycles. The summed E-state index contributed by atoms with van der Waals surface area (Å²) in [6.45, 7) is -0.140. The molecule has 2 aromatic rings. The van der Waals surface area contributed by atoms with Crippen molar-refractivity contribution in [3.63, 3.8) is 0 Å². The maximum absolute atomic E-state index is 13.5. The van der Waals surface area contributed by atoms with Gasteiger partial charge in [0.05, 0.1) is 0 Å². The Morgan fingerprint density at radius 1 is 1.14 bits per heavy atom. The minimum Gasteiger partial charge on any atom is -0.445 e. The van der Waals surface area contributed by atoms with Gasteiger partial charge in [-0.15, -0.1) is 5.06 Å². The Balaban J connectivity index is 1.78. The van der Waals surface area contributed by atoms with Crippen molar-refractivity contribution in [1.29, 1.82) is 0 Å². The number of cyclic esters (lactones) is 1. The van der Waals surface area contributed by atoms with Gasteiger partial charge in [0.15, 0.2) is 5.92 Å². The summed E-state index contributed by atoms with van der Waals surface area (Å²) in [6.07, 6.45) is -8.12. The summed E-state index contributed by atoms with van der Waals surface area (Å²) >= 11 is 0. The summed E-state index contributed by atoms with van der Waals surface area (Å²) < 4.78 is 45.4. The Kier molecular flexibility index (Phi) is 6.07. The summed E-state index contributed by atoms with van der Waals surface area (Å²) in [5.74, 6) is -4.65. The first kappa shape index (κ1) is 20.7. The van der Waals surface area contributed by atoms with Crippen molar-refractivity contribution in [2.45, 2.75) is 24.7 Å². The SMILES string of the molecule is O=C(ON1C(=O)OC[C@@H]1Cc1ccccc1)[C@@H]([C@H](O)c1ccccc1)C(F)(F)F. The quantitative estimate of drug-likeness (QED) is 0.791. The number of halogens is 3. The molecule has 29 heavy (non-hydrogen) atoms. The maximum atomic E-state index is 13.5. The fourth-order valence-electron chi connectivity index (χ4n) is 3.03. The van der Waals surface area contributed by atoms with Gasteiger partial charge in [-0.1, -0.05) is 60.7 Å². The molecule has 1 amide bonds. The molecule has 3 rings (SSSR count). The number of nitrogens with zero attached hydrogens (tertiary/aromatic N) is 1. The first-order valence-electron chi connectivity index (χ1n) is 8.79. The summed E-state index contributed by atoms with van der Waals surface area (Å²) in [6, 6.07) is 15.0. The van der Waals surface area contributed by atoms with Crippen LogP contribution < -0.4 is 0 Å². The van der Waals surface area contributed by atoms with Gasteiger partial charge >= 0.3 is 18.2 Å². The second-order valence-corrected chi connectivity index (χ2v) is 6.53. The summed E-state index contributed by atoms with van der Waals surface area (Å²) in [5, 5.41) is 10.7. The molecule has 2 aromatic carbocycles. The molecule has 1 fully saturated rings. The third kappa shape index (κ3) is 4.86. The van der Waals surface area contributed by atoms with Crippen molar-refractivity contribution in [3.05, 3.63) is 71.8 Å².